The Labute approximate surface area is 122 Å². The summed E-state index contributed by atoms with van der Waals surface area (Å²) in [5.74, 6) is 1.33. The van der Waals surface area contributed by atoms with Crippen LogP contribution in [0.2, 0.25) is 0 Å². The maximum atomic E-state index is 5.86. The van der Waals surface area contributed by atoms with E-state index in [1.807, 2.05) is 13.8 Å². The molecular weight excluding hydrogens is 254 g/mol. The van der Waals surface area contributed by atoms with Gasteiger partial charge in [0.1, 0.15) is 5.60 Å². The van der Waals surface area contributed by atoms with Crippen LogP contribution in [0.3, 0.4) is 0 Å². The van der Waals surface area contributed by atoms with Crippen molar-refractivity contribution in [3.63, 3.8) is 0 Å². The molecule has 0 saturated carbocycles. The van der Waals surface area contributed by atoms with Crippen LogP contribution in [0.25, 0.3) is 0 Å². The molecule has 0 saturated heterocycles. The van der Waals surface area contributed by atoms with Crippen LogP contribution in [0.4, 0.5) is 0 Å². The fourth-order valence-electron chi connectivity index (χ4n) is 2.27. The highest BCUT2D eigenvalue weighted by atomic mass is 16.5. The van der Waals surface area contributed by atoms with Gasteiger partial charge in [0.25, 0.3) is 0 Å². The summed E-state index contributed by atoms with van der Waals surface area (Å²) >= 11 is 0. The average molecular weight is 283 g/mol. The van der Waals surface area contributed by atoms with Crippen LogP contribution in [-0.2, 0) is 10.3 Å². The molecule has 5 heteroatoms. The van der Waals surface area contributed by atoms with Gasteiger partial charge in [-0.25, -0.2) is 0 Å². The Morgan fingerprint density at radius 3 is 2.35 bits per heavy atom. The highest BCUT2D eigenvalue weighted by Crippen LogP contribution is 2.32. The molecule has 1 aromatic rings. The molecule has 0 aliphatic heterocycles. The van der Waals surface area contributed by atoms with Crippen LogP contribution in [0.5, 0.6) is 0 Å². The summed E-state index contributed by atoms with van der Waals surface area (Å²) < 4.78 is 11.2. The molecular formula is C15H29N3O2. The Morgan fingerprint density at radius 2 is 1.90 bits per heavy atom. The van der Waals surface area contributed by atoms with Gasteiger partial charge >= 0.3 is 0 Å². The van der Waals surface area contributed by atoms with Crippen molar-refractivity contribution in [3.8, 4) is 0 Å². The lowest BCUT2D eigenvalue weighted by Gasteiger charge is -2.24. The molecule has 1 aromatic heterocycles. The number of rotatable bonds is 7. The molecule has 0 fully saturated rings. The van der Waals surface area contributed by atoms with Crippen molar-refractivity contribution in [3.05, 3.63) is 11.7 Å². The standard InChI is InChI=1S/C15H29N3O2/c1-7-15(6,19-8-2)13-17-12(20-18-13)11(10-16)9-14(3,4)5/h11H,7-10,16H2,1-6H3. The van der Waals surface area contributed by atoms with Crippen LogP contribution in [0, 0.1) is 5.41 Å². The summed E-state index contributed by atoms with van der Waals surface area (Å²) in [6.45, 7) is 13.7. The molecule has 1 rings (SSSR count). The third-order valence-electron chi connectivity index (χ3n) is 3.54. The molecule has 1 heterocycles. The lowest BCUT2D eigenvalue weighted by Crippen LogP contribution is -2.27. The minimum Gasteiger partial charge on any atom is -0.367 e. The second kappa shape index (κ2) is 6.68. The van der Waals surface area contributed by atoms with E-state index in [0.717, 1.165) is 12.8 Å². The number of hydrogen-bond acceptors (Lipinski definition) is 5. The topological polar surface area (TPSA) is 74.2 Å². The molecule has 0 bridgehead atoms. The Bertz CT molecular complexity index is 411. The van der Waals surface area contributed by atoms with Gasteiger partial charge in [-0.2, -0.15) is 4.98 Å². The van der Waals surface area contributed by atoms with E-state index in [4.69, 9.17) is 15.0 Å². The monoisotopic (exact) mass is 283 g/mol. The first kappa shape index (κ1) is 17.1. The van der Waals surface area contributed by atoms with Crippen LogP contribution in [0.15, 0.2) is 4.52 Å². The van der Waals surface area contributed by atoms with Crippen LogP contribution >= 0.6 is 0 Å². The number of nitrogens with two attached hydrogens (primary N) is 1. The largest absolute Gasteiger partial charge is 0.367 e. The Hall–Kier alpha value is -0.940. The lowest BCUT2D eigenvalue weighted by atomic mass is 9.84. The molecule has 2 atom stereocenters. The summed E-state index contributed by atoms with van der Waals surface area (Å²) in [5, 5.41) is 4.11. The zero-order valence-electron chi connectivity index (χ0n) is 13.7. The van der Waals surface area contributed by atoms with Crippen molar-refractivity contribution in [2.24, 2.45) is 11.1 Å². The summed E-state index contributed by atoms with van der Waals surface area (Å²) in [7, 11) is 0. The molecule has 0 radical (unpaired) electrons. The summed E-state index contributed by atoms with van der Waals surface area (Å²) in [4.78, 5) is 4.54. The lowest BCUT2D eigenvalue weighted by molar-refractivity contribution is -0.0403. The molecule has 20 heavy (non-hydrogen) atoms. The highest BCUT2D eigenvalue weighted by Gasteiger charge is 2.32. The predicted molar refractivity (Wildman–Crippen MR) is 79.4 cm³/mol. The molecule has 2 N–H and O–H groups in total. The van der Waals surface area contributed by atoms with E-state index in [-0.39, 0.29) is 11.3 Å². The highest BCUT2D eigenvalue weighted by molar-refractivity contribution is 5.03. The van der Waals surface area contributed by atoms with Crippen LogP contribution in [0.1, 0.15) is 72.0 Å². The fourth-order valence-corrected chi connectivity index (χ4v) is 2.27. The van der Waals surface area contributed by atoms with Crippen molar-refractivity contribution < 1.29 is 9.26 Å². The zero-order valence-corrected chi connectivity index (χ0v) is 13.7. The first-order valence-corrected chi connectivity index (χ1v) is 7.44. The molecule has 2 unspecified atom stereocenters. The van der Waals surface area contributed by atoms with Gasteiger partial charge in [-0.3, -0.25) is 0 Å². The van der Waals surface area contributed by atoms with E-state index in [1.165, 1.54) is 0 Å². The molecule has 0 aliphatic carbocycles. The van der Waals surface area contributed by atoms with E-state index < -0.39 is 5.60 Å². The van der Waals surface area contributed by atoms with E-state index >= 15 is 0 Å². The predicted octanol–water partition coefficient (Wildman–Crippen LogP) is 3.21. The van der Waals surface area contributed by atoms with Crippen molar-refractivity contribution >= 4 is 0 Å². The smallest absolute Gasteiger partial charge is 0.231 e. The molecule has 0 spiro atoms. The molecule has 5 nitrogen and oxygen atoms in total. The van der Waals surface area contributed by atoms with Crippen molar-refractivity contribution in [1.29, 1.82) is 0 Å². The normalized spacial score (nSPS) is 16.9. The van der Waals surface area contributed by atoms with E-state index in [0.29, 0.717) is 24.9 Å². The Morgan fingerprint density at radius 1 is 1.25 bits per heavy atom. The Balaban J connectivity index is 2.94. The number of hydrogen-bond donors (Lipinski definition) is 1. The second-order valence-electron chi connectivity index (χ2n) is 6.67. The van der Waals surface area contributed by atoms with Gasteiger partial charge in [0.15, 0.2) is 0 Å². The molecule has 116 valence electrons. The third kappa shape index (κ3) is 4.28. The SMILES string of the molecule is CCOC(C)(CC)c1noc(C(CN)CC(C)(C)C)n1. The average Bonchev–Trinajstić information content (AvgIpc) is 2.85. The fraction of sp³-hybridized carbons (Fsp3) is 0.867. The Kier molecular flexibility index (Phi) is 5.71. The molecule has 0 aromatic carbocycles. The van der Waals surface area contributed by atoms with Crippen LogP contribution < -0.4 is 5.73 Å². The first-order valence-electron chi connectivity index (χ1n) is 7.44. The second-order valence-corrected chi connectivity index (χ2v) is 6.67. The van der Waals surface area contributed by atoms with E-state index in [1.54, 1.807) is 0 Å². The minimum absolute atomic E-state index is 0.0963. The zero-order chi connectivity index (χ0) is 15.4. The minimum atomic E-state index is -0.489. The molecule has 0 amide bonds. The summed E-state index contributed by atoms with van der Waals surface area (Å²) in [5.41, 5.74) is 5.55. The number of aromatic nitrogens is 2. The molecule has 0 aliphatic rings. The maximum Gasteiger partial charge on any atom is 0.231 e. The first-order chi connectivity index (χ1) is 9.25. The van der Waals surface area contributed by atoms with Gasteiger partial charge in [-0.05, 0) is 32.1 Å². The van der Waals surface area contributed by atoms with E-state index in [9.17, 15) is 0 Å². The maximum absolute atomic E-state index is 5.86. The number of ether oxygens (including phenoxy) is 1. The van der Waals surface area contributed by atoms with Gasteiger partial charge in [0, 0.05) is 13.2 Å². The van der Waals surface area contributed by atoms with Crippen molar-refractivity contribution in [2.45, 2.75) is 65.9 Å². The van der Waals surface area contributed by atoms with Crippen LogP contribution in [-0.4, -0.2) is 23.3 Å². The van der Waals surface area contributed by atoms with Gasteiger partial charge in [0.05, 0.1) is 5.92 Å². The number of nitrogens with zero attached hydrogens (tertiary/aromatic N) is 2. The van der Waals surface area contributed by atoms with Gasteiger partial charge in [-0.1, -0.05) is 32.9 Å². The quantitative estimate of drug-likeness (QED) is 0.831. The third-order valence-corrected chi connectivity index (χ3v) is 3.54. The van der Waals surface area contributed by atoms with E-state index in [2.05, 4.69) is 37.8 Å². The van der Waals surface area contributed by atoms with Crippen molar-refractivity contribution in [1.82, 2.24) is 10.1 Å². The van der Waals surface area contributed by atoms with Crippen molar-refractivity contribution in [2.75, 3.05) is 13.2 Å². The van der Waals surface area contributed by atoms with Gasteiger partial charge in [-0.15, -0.1) is 0 Å². The summed E-state index contributed by atoms with van der Waals surface area (Å²) in [6, 6.07) is 0. The van der Waals surface area contributed by atoms with Gasteiger partial charge < -0.3 is 15.0 Å². The van der Waals surface area contributed by atoms with Gasteiger partial charge in [0.2, 0.25) is 11.7 Å². The summed E-state index contributed by atoms with van der Waals surface area (Å²) in [6.07, 6.45) is 1.72.